The van der Waals surface area contributed by atoms with Gasteiger partial charge in [0, 0.05) is 13.6 Å². The molecule has 1 heterocycles. The first-order chi connectivity index (χ1) is 13.2. The maximum atomic E-state index is 12.9. The topological polar surface area (TPSA) is 57.7 Å². The summed E-state index contributed by atoms with van der Waals surface area (Å²) in [5.41, 5.74) is 4.24. The van der Waals surface area contributed by atoms with E-state index in [0.29, 0.717) is 6.54 Å². The number of carbonyl (C=O) groups is 1. The molecule has 0 radical (unpaired) electrons. The summed E-state index contributed by atoms with van der Waals surface area (Å²) in [6.07, 6.45) is 1.83. The van der Waals surface area contributed by atoms with Gasteiger partial charge >= 0.3 is 0 Å². The van der Waals surface area contributed by atoms with Crippen molar-refractivity contribution < 1.29 is 13.2 Å². The fraction of sp³-hybridized carbons (Fsp3) is 0.409. The van der Waals surface area contributed by atoms with Gasteiger partial charge in [0.2, 0.25) is 15.9 Å². The Morgan fingerprint density at radius 2 is 1.75 bits per heavy atom. The van der Waals surface area contributed by atoms with Gasteiger partial charge in [-0.1, -0.05) is 35.9 Å². The van der Waals surface area contributed by atoms with Gasteiger partial charge in [-0.05, 0) is 62.4 Å². The van der Waals surface area contributed by atoms with E-state index < -0.39 is 10.0 Å². The number of likely N-dealkylation sites (N-methyl/N-ethyl adjacent to an activating group) is 1. The minimum absolute atomic E-state index is 0.0193. The van der Waals surface area contributed by atoms with Crippen LogP contribution in [0.3, 0.4) is 0 Å². The van der Waals surface area contributed by atoms with Gasteiger partial charge in [0.05, 0.1) is 17.5 Å². The lowest BCUT2D eigenvalue weighted by molar-refractivity contribution is -0.132. The molecule has 2 aromatic carbocycles. The first-order valence-corrected chi connectivity index (χ1v) is 11.0. The molecule has 0 spiro atoms. The molecule has 5 nitrogen and oxygen atoms in total. The van der Waals surface area contributed by atoms with Crippen LogP contribution in [0.5, 0.6) is 0 Å². The number of carbonyl (C=O) groups excluding carboxylic acids is 1. The van der Waals surface area contributed by atoms with Crippen molar-refractivity contribution in [2.45, 2.75) is 44.6 Å². The zero-order chi connectivity index (χ0) is 20.5. The fourth-order valence-electron chi connectivity index (χ4n) is 3.62. The number of hydrogen-bond acceptors (Lipinski definition) is 3. The van der Waals surface area contributed by atoms with Crippen LogP contribution in [-0.2, 0) is 14.8 Å². The molecular weight excluding hydrogens is 372 g/mol. The van der Waals surface area contributed by atoms with Crippen molar-refractivity contribution in [1.82, 2.24) is 9.21 Å². The van der Waals surface area contributed by atoms with Crippen LogP contribution in [0, 0.1) is 20.8 Å². The van der Waals surface area contributed by atoms with E-state index >= 15 is 0 Å². The number of likely N-dealkylation sites (tertiary alicyclic amines) is 1. The number of sulfonamides is 1. The molecule has 28 heavy (non-hydrogen) atoms. The maximum absolute atomic E-state index is 12.9. The Hall–Kier alpha value is -2.18. The molecule has 1 atom stereocenters. The van der Waals surface area contributed by atoms with Gasteiger partial charge in [0.1, 0.15) is 0 Å². The van der Waals surface area contributed by atoms with Gasteiger partial charge < -0.3 is 4.90 Å². The number of amides is 1. The van der Waals surface area contributed by atoms with E-state index in [9.17, 15) is 13.2 Å². The smallest absolute Gasteiger partial charge is 0.243 e. The van der Waals surface area contributed by atoms with Crippen molar-refractivity contribution in [3.05, 3.63) is 64.7 Å². The Morgan fingerprint density at radius 3 is 2.39 bits per heavy atom. The second kappa shape index (κ2) is 8.05. The quantitative estimate of drug-likeness (QED) is 0.771. The third-order valence-corrected chi connectivity index (χ3v) is 7.38. The van der Waals surface area contributed by atoms with Crippen molar-refractivity contribution in [1.29, 1.82) is 0 Å². The highest BCUT2D eigenvalue weighted by Crippen LogP contribution is 2.32. The van der Waals surface area contributed by atoms with E-state index in [4.69, 9.17) is 0 Å². The summed E-state index contributed by atoms with van der Waals surface area (Å²) in [5, 5.41) is 0. The molecule has 0 bridgehead atoms. The molecule has 0 saturated carbocycles. The van der Waals surface area contributed by atoms with Crippen molar-refractivity contribution in [3.63, 3.8) is 0 Å². The number of rotatable bonds is 5. The van der Waals surface area contributed by atoms with Crippen molar-refractivity contribution in [3.8, 4) is 0 Å². The lowest BCUT2D eigenvalue weighted by Crippen LogP contribution is -2.40. The fourth-order valence-corrected chi connectivity index (χ4v) is 4.83. The summed E-state index contributed by atoms with van der Waals surface area (Å²) in [4.78, 5) is 15.0. The molecule has 1 saturated heterocycles. The molecule has 0 aliphatic carbocycles. The maximum Gasteiger partial charge on any atom is 0.243 e. The van der Waals surface area contributed by atoms with E-state index in [2.05, 4.69) is 12.1 Å². The molecule has 1 fully saturated rings. The third-order valence-electron chi connectivity index (χ3n) is 5.58. The number of hydrogen-bond donors (Lipinski definition) is 0. The zero-order valence-corrected chi connectivity index (χ0v) is 17.8. The SMILES string of the molecule is Cc1ccc(C2CCCN2C(=O)CN(C)S(=O)(=O)c2ccc(C)c(C)c2)cc1. The monoisotopic (exact) mass is 400 g/mol. The number of nitrogens with zero attached hydrogens (tertiary/aromatic N) is 2. The molecule has 150 valence electrons. The summed E-state index contributed by atoms with van der Waals surface area (Å²) < 4.78 is 26.9. The van der Waals surface area contributed by atoms with E-state index in [-0.39, 0.29) is 23.4 Å². The number of benzene rings is 2. The number of aryl methyl sites for hydroxylation is 3. The van der Waals surface area contributed by atoms with Crippen LogP contribution in [0.4, 0.5) is 0 Å². The van der Waals surface area contributed by atoms with Gasteiger partial charge in [0.15, 0.2) is 0 Å². The van der Waals surface area contributed by atoms with E-state index in [1.54, 1.807) is 18.2 Å². The van der Waals surface area contributed by atoms with Crippen LogP contribution in [0.25, 0.3) is 0 Å². The predicted molar refractivity (Wildman–Crippen MR) is 111 cm³/mol. The molecule has 0 N–H and O–H groups in total. The molecule has 1 amide bonds. The van der Waals surface area contributed by atoms with Crippen LogP contribution >= 0.6 is 0 Å². The normalized spacial score (nSPS) is 17.3. The first kappa shape index (κ1) is 20.6. The second-order valence-corrected chi connectivity index (χ2v) is 9.71. The van der Waals surface area contributed by atoms with Crippen LogP contribution in [0.15, 0.2) is 47.4 Å². The third kappa shape index (κ3) is 4.13. The van der Waals surface area contributed by atoms with E-state index in [0.717, 1.165) is 33.8 Å². The molecule has 3 rings (SSSR count). The van der Waals surface area contributed by atoms with Crippen molar-refractivity contribution in [2.75, 3.05) is 20.1 Å². The summed E-state index contributed by atoms with van der Waals surface area (Å²) in [7, 11) is -2.23. The summed E-state index contributed by atoms with van der Waals surface area (Å²) in [6.45, 7) is 6.37. The standard InChI is InChI=1S/C22H28N2O3S/c1-16-7-10-19(11-8-16)21-6-5-13-24(21)22(25)15-23(4)28(26,27)20-12-9-17(2)18(3)14-20/h7-12,14,21H,5-6,13,15H2,1-4H3. The molecule has 1 aliphatic rings. The molecular formula is C22H28N2O3S. The molecule has 6 heteroatoms. The average Bonchev–Trinajstić information content (AvgIpc) is 3.14. The van der Waals surface area contributed by atoms with Gasteiger partial charge in [-0.25, -0.2) is 8.42 Å². The summed E-state index contributed by atoms with van der Waals surface area (Å²) in [5.74, 6) is -0.155. The lowest BCUT2D eigenvalue weighted by Gasteiger charge is -2.27. The Kier molecular flexibility index (Phi) is 5.91. The summed E-state index contributed by atoms with van der Waals surface area (Å²) >= 11 is 0. The average molecular weight is 401 g/mol. The van der Waals surface area contributed by atoms with Gasteiger partial charge in [-0.15, -0.1) is 0 Å². The van der Waals surface area contributed by atoms with Crippen LogP contribution in [-0.4, -0.2) is 43.7 Å². The molecule has 2 aromatic rings. The second-order valence-electron chi connectivity index (χ2n) is 7.66. The van der Waals surface area contributed by atoms with Gasteiger partial charge in [-0.3, -0.25) is 4.79 Å². The van der Waals surface area contributed by atoms with E-state index in [1.807, 2.05) is 37.8 Å². The minimum Gasteiger partial charge on any atom is -0.335 e. The predicted octanol–water partition coefficient (Wildman–Crippen LogP) is 3.60. The molecule has 0 aromatic heterocycles. The Morgan fingerprint density at radius 1 is 1.07 bits per heavy atom. The highest BCUT2D eigenvalue weighted by molar-refractivity contribution is 7.89. The Labute approximate surface area is 168 Å². The largest absolute Gasteiger partial charge is 0.335 e. The highest BCUT2D eigenvalue weighted by Gasteiger charge is 2.32. The molecule has 1 aliphatic heterocycles. The lowest BCUT2D eigenvalue weighted by atomic mass is 10.0. The van der Waals surface area contributed by atoms with Crippen LogP contribution in [0.2, 0.25) is 0 Å². The first-order valence-electron chi connectivity index (χ1n) is 9.60. The highest BCUT2D eigenvalue weighted by atomic mass is 32.2. The zero-order valence-electron chi connectivity index (χ0n) is 17.0. The van der Waals surface area contributed by atoms with Gasteiger partial charge in [0.25, 0.3) is 0 Å². The summed E-state index contributed by atoms with van der Waals surface area (Å²) in [6, 6.07) is 13.3. The van der Waals surface area contributed by atoms with Crippen LogP contribution < -0.4 is 0 Å². The van der Waals surface area contributed by atoms with E-state index in [1.165, 1.54) is 12.6 Å². The van der Waals surface area contributed by atoms with Crippen molar-refractivity contribution >= 4 is 15.9 Å². The minimum atomic E-state index is -3.70. The van der Waals surface area contributed by atoms with Gasteiger partial charge in [-0.2, -0.15) is 4.31 Å². The Balaban J connectivity index is 1.75. The van der Waals surface area contributed by atoms with Crippen molar-refractivity contribution in [2.24, 2.45) is 0 Å². The van der Waals surface area contributed by atoms with Crippen LogP contribution in [0.1, 0.15) is 41.1 Å². The Bertz CT molecular complexity index is 968. The molecule has 1 unspecified atom stereocenters.